The Balaban J connectivity index is 1.34. The van der Waals surface area contributed by atoms with E-state index in [1.54, 1.807) is 0 Å². The predicted octanol–water partition coefficient (Wildman–Crippen LogP) is 3.64. The summed E-state index contributed by atoms with van der Waals surface area (Å²) in [6.07, 6.45) is -4.59. The van der Waals surface area contributed by atoms with Crippen LogP contribution in [0.25, 0.3) is 0 Å². The highest BCUT2D eigenvalue weighted by atomic mass is 19.4. The van der Waals surface area contributed by atoms with Gasteiger partial charge in [0.2, 0.25) is 0 Å². The highest BCUT2D eigenvalue weighted by molar-refractivity contribution is 5.96. The van der Waals surface area contributed by atoms with Crippen LogP contribution >= 0.6 is 0 Å². The monoisotopic (exact) mass is 441 g/mol. The Bertz CT molecular complexity index is 1050. The Hall–Kier alpha value is -3.17. The van der Waals surface area contributed by atoms with Crippen LogP contribution in [0.1, 0.15) is 21.5 Å². The molecule has 0 aliphatic carbocycles. The lowest BCUT2D eigenvalue weighted by atomic mass is 9.97. The van der Waals surface area contributed by atoms with Crippen LogP contribution in [0.5, 0.6) is 11.5 Å². The molecule has 1 amide bonds. The number of nitrogens with zero attached hydrogens (tertiary/aromatic N) is 1. The summed E-state index contributed by atoms with van der Waals surface area (Å²) in [5.74, 6) is -2.88. The van der Waals surface area contributed by atoms with Crippen LogP contribution < -0.4 is 9.47 Å². The van der Waals surface area contributed by atoms with Crippen LogP contribution in [-0.4, -0.2) is 42.9 Å². The van der Waals surface area contributed by atoms with Crippen molar-refractivity contribution in [2.75, 3.05) is 26.3 Å². The Labute approximate surface area is 173 Å². The Morgan fingerprint density at radius 2 is 1.87 bits per heavy atom. The van der Waals surface area contributed by atoms with Crippen molar-refractivity contribution in [2.24, 2.45) is 5.92 Å². The summed E-state index contributed by atoms with van der Waals surface area (Å²) in [4.78, 5) is 25.4. The van der Waals surface area contributed by atoms with Gasteiger partial charge in [0, 0.05) is 37.1 Å². The van der Waals surface area contributed by atoms with Gasteiger partial charge < -0.3 is 14.4 Å². The number of alkyl halides is 3. The molecule has 0 atom stereocenters. The average Bonchev–Trinajstić information content (AvgIpc) is 2.66. The van der Waals surface area contributed by atoms with Crippen LogP contribution in [0.3, 0.4) is 0 Å². The molecular formula is C21H16F5NO4. The zero-order valence-corrected chi connectivity index (χ0v) is 16.0. The standard InChI is InChI=1S/C21H16F5NO4/c22-16-6-19-12(3-14(28)10-31-19)4-15(16)20(29)27-7-11(8-27)9-30-18-2-1-13(5-17(18)23)21(24,25)26/h1-2,4-6,11H,3,7-10H2. The third-order valence-corrected chi connectivity index (χ3v) is 5.13. The quantitative estimate of drug-likeness (QED) is 0.680. The summed E-state index contributed by atoms with van der Waals surface area (Å²) in [5, 5.41) is 0. The zero-order chi connectivity index (χ0) is 22.3. The number of carbonyl (C=O) groups is 2. The molecule has 31 heavy (non-hydrogen) atoms. The summed E-state index contributed by atoms with van der Waals surface area (Å²) in [6.45, 7) is 0.286. The number of amides is 1. The van der Waals surface area contributed by atoms with E-state index >= 15 is 0 Å². The van der Waals surface area contributed by atoms with Crippen molar-refractivity contribution in [1.29, 1.82) is 0 Å². The predicted molar refractivity (Wildman–Crippen MR) is 96.9 cm³/mol. The number of likely N-dealkylation sites (tertiary alicyclic amines) is 1. The Morgan fingerprint density at radius 1 is 1.13 bits per heavy atom. The fourth-order valence-corrected chi connectivity index (χ4v) is 3.47. The van der Waals surface area contributed by atoms with E-state index in [-0.39, 0.29) is 61.5 Å². The molecule has 0 bridgehead atoms. The van der Waals surface area contributed by atoms with Gasteiger partial charge in [-0.05, 0) is 24.3 Å². The van der Waals surface area contributed by atoms with Gasteiger partial charge in [0.15, 0.2) is 17.3 Å². The molecule has 5 nitrogen and oxygen atoms in total. The smallest absolute Gasteiger partial charge is 0.416 e. The van der Waals surface area contributed by atoms with E-state index in [9.17, 15) is 31.5 Å². The maximum Gasteiger partial charge on any atom is 0.416 e. The summed E-state index contributed by atoms with van der Waals surface area (Å²) in [5.41, 5.74) is -0.846. The van der Waals surface area contributed by atoms with Gasteiger partial charge in [-0.3, -0.25) is 9.59 Å². The highest BCUT2D eigenvalue weighted by Gasteiger charge is 2.35. The molecule has 4 rings (SSSR count). The SMILES string of the molecule is O=C1COc2cc(F)c(C(=O)N3CC(COc4ccc(C(F)(F)F)cc4F)C3)cc2C1. The summed E-state index contributed by atoms with van der Waals surface area (Å²) >= 11 is 0. The van der Waals surface area contributed by atoms with E-state index in [0.29, 0.717) is 11.6 Å². The second kappa shape index (κ2) is 7.82. The molecule has 2 heterocycles. The fraction of sp³-hybridized carbons (Fsp3) is 0.333. The number of ether oxygens (including phenoxy) is 2. The molecule has 1 fully saturated rings. The first-order chi connectivity index (χ1) is 14.6. The number of carbonyl (C=O) groups excluding carboxylic acids is 2. The largest absolute Gasteiger partial charge is 0.490 e. The van der Waals surface area contributed by atoms with Crippen LogP contribution in [-0.2, 0) is 17.4 Å². The first-order valence-electron chi connectivity index (χ1n) is 9.37. The normalized spacial score (nSPS) is 16.4. The van der Waals surface area contributed by atoms with Gasteiger partial charge in [0.05, 0.1) is 17.7 Å². The number of fused-ring (bicyclic) bond motifs is 1. The molecule has 0 saturated carbocycles. The topological polar surface area (TPSA) is 55.8 Å². The van der Waals surface area contributed by atoms with Gasteiger partial charge in [-0.25, -0.2) is 8.78 Å². The lowest BCUT2D eigenvalue weighted by Crippen LogP contribution is -2.52. The van der Waals surface area contributed by atoms with Crippen molar-refractivity contribution >= 4 is 11.7 Å². The summed E-state index contributed by atoms with van der Waals surface area (Å²) in [6, 6.07) is 4.39. The molecule has 0 radical (unpaired) electrons. The molecule has 0 unspecified atom stereocenters. The van der Waals surface area contributed by atoms with E-state index in [1.807, 2.05) is 0 Å². The maximum atomic E-state index is 14.3. The van der Waals surface area contributed by atoms with E-state index in [0.717, 1.165) is 18.2 Å². The van der Waals surface area contributed by atoms with Gasteiger partial charge in [-0.1, -0.05) is 0 Å². The molecule has 1 saturated heterocycles. The molecule has 2 aliphatic rings. The summed E-state index contributed by atoms with van der Waals surface area (Å²) in [7, 11) is 0. The minimum absolute atomic E-state index is 0.0128. The number of rotatable bonds is 4. The van der Waals surface area contributed by atoms with Crippen LogP contribution in [0.15, 0.2) is 30.3 Å². The van der Waals surface area contributed by atoms with Gasteiger partial charge in [-0.15, -0.1) is 0 Å². The zero-order valence-electron chi connectivity index (χ0n) is 16.0. The van der Waals surface area contributed by atoms with Crippen molar-refractivity contribution in [2.45, 2.75) is 12.6 Å². The third kappa shape index (κ3) is 4.33. The van der Waals surface area contributed by atoms with E-state index in [2.05, 4.69) is 0 Å². The number of ketones is 1. The second-order valence-corrected chi connectivity index (χ2v) is 7.47. The van der Waals surface area contributed by atoms with Crippen molar-refractivity contribution < 1.29 is 41.0 Å². The number of hydrogen-bond acceptors (Lipinski definition) is 4. The van der Waals surface area contributed by atoms with Crippen molar-refractivity contribution in [3.05, 3.63) is 58.7 Å². The first-order valence-corrected chi connectivity index (χ1v) is 9.37. The van der Waals surface area contributed by atoms with E-state index in [4.69, 9.17) is 9.47 Å². The van der Waals surface area contributed by atoms with Gasteiger partial charge in [0.25, 0.3) is 5.91 Å². The minimum Gasteiger partial charge on any atom is -0.490 e. The first kappa shape index (κ1) is 21.1. The number of hydrogen-bond donors (Lipinski definition) is 0. The third-order valence-electron chi connectivity index (χ3n) is 5.13. The van der Waals surface area contributed by atoms with Crippen molar-refractivity contribution in [1.82, 2.24) is 4.90 Å². The Morgan fingerprint density at radius 3 is 2.55 bits per heavy atom. The number of halogens is 5. The molecule has 2 aromatic carbocycles. The van der Waals surface area contributed by atoms with E-state index < -0.39 is 29.3 Å². The highest BCUT2D eigenvalue weighted by Crippen LogP contribution is 2.33. The minimum atomic E-state index is -4.65. The van der Waals surface area contributed by atoms with Crippen LogP contribution in [0.4, 0.5) is 22.0 Å². The maximum absolute atomic E-state index is 14.3. The van der Waals surface area contributed by atoms with Crippen molar-refractivity contribution in [3.8, 4) is 11.5 Å². The van der Waals surface area contributed by atoms with Crippen LogP contribution in [0.2, 0.25) is 0 Å². The van der Waals surface area contributed by atoms with Crippen molar-refractivity contribution in [3.63, 3.8) is 0 Å². The fourth-order valence-electron chi connectivity index (χ4n) is 3.47. The number of benzene rings is 2. The van der Waals surface area contributed by atoms with E-state index in [1.165, 1.54) is 11.0 Å². The molecular weight excluding hydrogens is 425 g/mol. The lowest BCUT2D eigenvalue weighted by molar-refractivity contribution is -0.137. The van der Waals surface area contributed by atoms with Gasteiger partial charge in [-0.2, -0.15) is 13.2 Å². The lowest BCUT2D eigenvalue weighted by Gasteiger charge is -2.39. The molecule has 10 heteroatoms. The molecule has 164 valence electrons. The molecule has 2 aliphatic heterocycles. The Kier molecular flexibility index (Phi) is 5.32. The second-order valence-electron chi connectivity index (χ2n) is 7.47. The molecule has 0 N–H and O–H groups in total. The van der Waals surface area contributed by atoms with Gasteiger partial charge in [0.1, 0.15) is 18.2 Å². The summed E-state index contributed by atoms with van der Waals surface area (Å²) < 4.78 is 76.3. The molecule has 0 spiro atoms. The molecule has 2 aromatic rings. The number of Topliss-reactive ketones (excluding diaryl/α,β-unsaturated/α-hetero) is 1. The van der Waals surface area contributed by atoms with Crippen LogP contribution in [0, 0.1) is 17.6 Å². The van der Waals surface area contributed by atoms with Gasteiger partial charge >= 0.3 is 6.18 Å². The molecule has 0 aromatic heterocycles. The average molecular weight is 441 g/mol.